The number of anilines is 1. The molecule has 1 aromatic rings. The highest BCUT2D eigenvalue weighted by Crippen LogP contribution is 2.29. The maximum absolute atomic E-state index is 13.4. The van der Waals surface area contributed by atoms with Gasteiger partial charge in [-0.25, -0.2) is 9.18 Å². The SMILES string of the molecule is CC(C)CCSc1cc(F)c(C(=O)O)cc1N. The van der Waals surface area contributed by atoms with E-state index in [1.165, 1.54) is 23.9 Å². The van der Waals surface area contributed by atoms with E-state index in [1.807, 2.05) is 0 Å². The summed E-state index contributed by atoms with van der Waals surface area (Å²) in [5.41, 5.74) is 5.63. The van der Waals surface area contributed by atoms with Gasteiger partial charge in [0.2, 0.25) is 0 Å². The number of rotatable bonds is 5. The van der Waals surface area contributed by atoms with Gasteiger partial charge in [0.15, 0.2) is 0 Å². The van der Waals surface area contributed by atoms with Crippen molar-refractivity contribution in [3.63, 3.8) is 0 Å². The summed E-state index contributed by atoms with van der Waals surface area (Å²) < 4.78 is 13.4. The molecule has 0 unspecified atom stereocenters. The fourth-order valence-electron chi connectivity index (χ4n) is 1.27. The van der Waals surface area contributed by atoms with Crippen molar-refractivity contribution >= 4 is 23.4 Å². The van der Waals surface area contributed by atoms with Gasteiger partial charge in [0, 0.05) is 10.6 Å². The van der Waals surface area contributed by atoms with E-state index in [1.54, 1.807) is 0 Å². The third-order valence-corrected chi connectivity index (χ3v) is 3.39. The summed E-state index contributed by atoms with van der Waals surface area (Å²) in [4.78, 5) is 11.3. The smallest absolute Gasteiger partial charge is 0.338 e. The van der Waals surface area contributed by atoms with E-state index in [4.69, 9.17) is 10.8 Å². The molecule has 0 aliphatic heterocycles. The van der Waals surface area contributed by atoms with Gasteiger partial charge in [-0.15, -0.1) is 11.8 Å². The van der Waals surface area contributed by atoms with Gasteiger partial charge in [-0.05, 0) is 30.2 Å². The van der Waals surface area contributed by atoms with Crippen LogP contribution in [0, 0.1) is 11.7 Å². The Balaban J connectivity index is 2.81. The number of carbonyl (C=O) groups is 1. The van der Waals surface area contributed by atoms with Crippen LogP contribution in [0.25, 0.3) is 0 Å². The molecule has 94 valence electrons. The molecule has 0 aliphatic rings. The van der Waals surface area contributed by atoms with Crippen LogP contribution in [0.3, 0.4) is 0 Å². The summed E-state index contributed by atoms with van der Waals surface area (Å²) in [6.07, 6.45) is 1.01. The zero-order valence-corrected chi connectivity index (χ0v) is 10.7. The molecule has 17 heavy (non-hydrogen) atoms. The van der Waals surface area contributed by atoms with Crippen LogP contribution in [0.1, 0.15) is 30.6 Å². The van der Waals surface area contributed by atoms with Crippen molar-refractivity contribution in [1.82, 2.24) is 0 Å². The van der Waals surface area contributed by atoms with Crippen LogP contribution in [0.2, 0.25) is 0 Å². The van der Waals surface area contributed by atoms with Gasteiger partial charge in [0.25, 0.3) is 0 Å². The minimum atomic E-state index is -1.30. The van der Waals surface area contributed by atoms with Crippen molar-refractivity contribution in [1.29, 1.82) is 0 Å². The predicted molar refractivity (Wildman–Crippen MR) is 68.0 cm³/mol. The summed E-state index contributed by atoms with van der Waals surface area (Å²) in [5, 5.41) is 8.73. The second kappa shape index (κ2) is 5.91. The van der Waals surface area contributed by atoms with Gasteiger partial charge in [0.1, 0.15) is 5.82 Å². The van der Waals surface area contributed by atoms with Crippen molar-refractivity contribution in [3.05, 3.63) is 23.5 Å². The van der Waals surface area contributed by atoms with Gasteiger partial charge < -0.3 is 10.8 Å². The van der Waals surface area contributed by atoms with Crippen molar-refractivity contribution in [2.24, 2.45) is 5.92 Å². The lowest BCUT2D eigenvalue weighted by molar-refractivity contribution is 0.0692. The number of aromatic carboxylic acids is 1. The lowest BCUT2D eigenvalue weighted by Gasteiger charge is -2.08. The minimum Gasteiger partial charge on any atom is -0.478 e. The topological polar surface area (TPSA) is 63.3 Å². The number of carboxylic acids is 1. The molecule has 0 fully saturated rings. The maximum Gasteiger partial charge on any atom is 0.338 e. The molecule has 0 saturated heterocycles. The van der Waals surface area contributed by atoms with E-state index in [2.05, 4.69) is 13.8 Å². The molecule has 0 aliphatic carbocycles. The van der Waals surface area contributed by atoms with Crippen molar-refractivity contribution in [3.8, 4) is 0 Å². The largest absolute Gasteiger partial charge is 0.478 e. The highest BCUT2D eigenvalue weighted by Gasteiger charge is 2.13. The summed E-state index contributed by atoms with van der Waals surface area (Å²) in [6, 6.07) is 2.37. The van der Waals surface area contributed by atoms with Crippen molar-refractivity contribution in [2.45, 2.75) is 25.2 Å². The predicted octanol–water partition coefficient (Wildman–Crippen LogP) is 3.24. The number of carboxylic acid groups (broad SMARTS) is 1. The molecular formula is C12H16FNO2S. The van der Waals surface area contributed by atoms with Crippen molar-refractivity contribution < 1.29 is 14.3 Å². The summed E-state index contributed by atoms with van der Waals surface area (Å²) in [5.74, 6) is -0.619. The van der Waals surface area contributed by atoms with Gasteiger partial charge in [-0.3, -0.25) is 0 Å². The van der Waals surface area contributed by atoms with Gasteiger partial charge in [0.05, 0.1) is 5.56 Å². The third kappa shape index (κ3) is 3.93. The van der Waals surface area contributed by atoms with Crippen molar-refractivity contribution in [2.75, 3.05) is 11.5 Å². The number of hydrogen-bond acceptors (Lipinski definition) is 3. The molecule has 1 aromatic carbocycles. The molecule has 0 heterocycles. The first-order valence-electron chi connectivity index (χ1n) is 5.37. The van der Waals surface area contributed by atoms with E-state index in [0.717, 1.165) is 12.2 Å². The zero-order chi connectivity index (χ0) is 13.0. The Morgan fingerprint density at radius 1 is 1.53 bits per heavy atom. The van der Waals surface area contributed by atoms with E-state index < -0.39 is 11.8 Å². The second-order valence-electron chi connectivity index (χ2n) is 4.21. The van der Waals surface area contributed by atoms with Crippen LogP contribution in [0.15, 0.2) is 17.0 Å². The Kier molecular flexibility index (Phi) is 4.81. The highest BCUT2D eigenvalue weighted by atomic mass is 32.2. The number of hydrogen-bond donors (Lipinski definition) is 2. The third-order valence-electron chi connectivity index (χ3n) is 2.28. The fraction of sp³-hybridized carbons (Fsp3) is 0.417. The van der Waals surface area contributed by atoms with Crippen LogP contribution in [0.4, 0.5) is 10.1 Å². The lowest BCUT2D eigenvalue weighted by atomic mass is 10.2. The molecule has 0 atom stereocenters. The number of nitrogen functional groups attached to an aromatic ring is 1. The lowest BCUT2D eigenvalue weighted by Crippen LogP contribution is -2.03. The molecule has 5 heteroatoms. The Morgan fingerprint density at radius 3 is 2.71 bits per heavy atom. The Morgan fingerprint density at radius 2 is 2.18 bits per heavy atom. The second-order valence-corrected chi connectivity index (χ2v) is 5.34. The van der Waals surface area contributed by atoms with Crippen LogP contribution in [0.5, 0.6) is 0 Å². The number of benzene rings is 1. The Bertz CT molecular complexity index is 421. The first kappa shape index (κ1) is 13.8. The molecule has 0 saturated carbocycles. The van der Waals surface area contributed by atoms with Crippen LogP contribution in [-0.2, 0) is 0 Å². The molecule has 3 nitrogen and oxygen atoms in total. The van der Waals surface area contributed by atoms with Gasteiger partial charge >= 0.3 is 5.97 Å². The summed E-state index contributed by atoms with van der Waals surface area (Å²) in [6.45, 7) is 4.22. The first-order chi connectivity index (χ1) is 7.91. The van der Waals surface area contributed by atoms with Crippen LogP contribution >= 0.6 is 11.8 Å². The van der Waals surface area contributed by atoms with E-state index in [9.17, 15) is 9.18 Å². The fourth-order valence-corrected chi connectivity index (χ4v) is 2.49. The molecule has 0 bridgehead atoms. The number of nitrogens with two attached hydrogens (primary N) is 1. The number of halogens is 1. The molecule has 3 N–H and O–H groups in total. The molecule has 0 amide bonds. The first-order valence-corrected chi connectivity index (χ1v) is 6.35. The highest BCUT2D eigenvalue weighted by molar-refractivity contribution is 7.99. The zero-order valence-electron chi connectivity index (χ0n) is 9.87. The molecule has 0 aromatic heterocycles. The standard InChI is InChI=1S/C12H16FNO2S/c1-7(2)3-4-17-11-6-9(13)8(12(15)16)5-10(11)14/h5-7H,3-4,14H2,1-2H3,(H,15,16). The average molecular weight is 257 g/mol. The monoisotopic (exact) mass is 257 g/mol. The maximum atomic E-state index is 13.4. The number of thioether (sulfide) groups is 1. The minimum absolute atomic E-state index is 0.317. The average Bonchev–Trinajstić information content (AvgIpc) is 2.21. The summed E-state index contributed by atoms with van der Waals surface area (Å²) >= 11 is 1.45. The molecular weight excluding hydrogens is 241 g/mol. The normalized spacial score (nSPS) is 10.8. The van der Waals surface area contributed by atoms with Crippen LogP contribution < -0.4 is 5.73 Å². The quantitative estimate of drug-likeness (QED) is 0.628. The Hall–Kier alpha value is -1.23. The molecule has 0 spiro atoms. The summed E-state index contributed by atoms with van der Waals surface area (Å²) in [7, 11) is 0. The van der Waals surface area contributed by atoms with Gasteiger partial charge in [-0.2, -0.15) is 0 Å². The van der Waals surface area contributed by atoms with E-state index >= 15 is 0 Å². The molecule has 1 rings (SSSR count). The molecule has 0 radical (unpaired) electrons. The Labute approximate surface area is 104 Å². The van der Waals surface area contributed by atoms with E-state index in [0.29, 0.717) is 16.5 Å². The van der Waals surface area contributed by atoms with E-state index in [-0.39, 0.29) is 5.56 Å². The van der Waals surface area contributed by atoms with Crippen LogP contribution in [-0.4, -0.2) is 16.8 Å². The van der Waals surface area contributed by atoms with Gasteiger partial charge in [-0.1, -0.05) is 13.8 Å².